The molecule has 1 aliphatic heterocycles. The van der Waals surface area contributed by atoms with Crippen molar-refractivity contribution in [2.24, 2.45) is 0 Å². The van der Waals surface area contributed by atoms with Crippen molar-refractivity contribution in [1.29, 1.82) is 0 Å². The first-order chi connectivity index (χ1) is 10.7. The second kappa shape index (κ2) is 6.73. The van der Waals surface area contributed by atoms with Crippen LogP contribution in [0, 0.1) is 0 Å². The van der Waals surface area contributed by atoms with Crippen LogP contribution in [0.3, 0.4) is 0 Å². The first-order valence-corrected chi connectivity index (χ1v) is 7.57. The molecule has 4 nitrogen and oxygen atoms in total. The van der Waals surface area contributed by atoms with Crippen LogP contribution in [-0.4, -0.2) is 35.1 Å². The van der Waals surface area contributed by atoms with Gasteiger partial charge >= 0.3 is 0 Å². The number of aliphatic hydroxyl groups excluding tert-OH is 1. The maximum atomic E-state index is 12.8. The van der Waals surface area contributed by atoms with E-state index in [1.807, 2.05) is 65.6 Å². The van der Waals surface area contributed by atoms with Crippen molar-refractivity contribution in [2.75, 3.05) is 18.4 Å². The first-order valence-electron chi connectivity index (χ1n) is 7.57. The highest BCUT2D eigenvalue weighted by Crippen LogP contribution is 2.26. The number of anilines is 1. The number of carbonyl (C=O) groups excluding carboxylic acids is 1. The molecule has 1 unspecified atom stereocenters. The van der Waals surface area contributed by atoms with Gasteiger partial charge in [-0.05, 0) is 24.1 Å². The molecule has 0 spiro atoms. The minimum atomic E-state index is -0.376. The van der Waals surface area contributed by atoms with Crippen molar-refractivity contribution in [1.82, 2.24) is 4.90 Å². The summed E-state index contributed by atoms with van der Waals surface area (Å²) in [6, 6.07) is 18.8. The number of rotatable bonds is 4. The van der Waals surface area contributed by atoms with Crippen LogP contribution in [0.15, 0.2) is 60.7 Å². The number of nitrogens with zero attached hydrogens (tertiary/aromatic N) is 1. The van der Waals surface area contributed by atoms with E-state index in [2.05, 4.69) is 5.32 Å². The number of para-hydroxylation sites is 1. The lowest BCUT2D eigenvalue weighted by Gasteiger charge is -2.27. The molecule has 0 bridgehead atoms. The highest BCUT2D eigenvalue weighted by atomic mass is 16.3. The van der Waals surface area contributed by atoms with Gasteiger partial charge in [0.05, 0.1) is 6.10 Å². The lowest BCUT2D eigenvalue weighted by molar-refractivity contribution is -0.121. The zero-order chi connectivity index (χ0) is 15.4. The zero-order valence-electron chi connectivity index (χ0n) is 12.4. The zero-order valence-corrected chi connectivity index (χ0v) is 12.4. The van der Waals surface area contributed by atoms with E-state index >= 15 is 0 Å². The van der Waals surface area contributed by atoms with Gasteiger partial charge < -0.3 is 10.4 Å². The fourth-order valence-corrected chi connectivity index (χ4v) is 2.90. The fourth-order valence-electron chi connectivity index (χ4n) is 2.90. The number of nitrogens with one attached hydrogen (secondary N) is 1. The number of aliphatic hydroxyl groups is 1. The van der Waals surface area contributed by atoms with Crippen molar-refractivity contribution >= 4 is 11.6 Å². The SMILES string of the molecule is O=C(Nc1ccccc1)C(c1ccccc1)N1CC[C@H](O)C1. The standard InChI is InChI=1S/C18H20N2O2/c21-16-11-12-20(13-16)17(14-7-3-1-4-8-14)18(22)19-15-9-5-2-6-10-15/h1-10,16-17,21H,11-13H2,(H,19,22)/t16-,17?/m0/s1. The number of benzene rings is 2. The third kappa shape index (κ3) is 3.35. The lowest BCUT2D eigenvalue weighted by atomic mass is 10.0. The number of hydrogen-bond acceptors (Lipinski definition) is 3. The summed E-state index contributed by atoms with van der Waals surface area (Å²) in [7, 11) is 0. The molecule has 1 heterocycles. The Bertz CT molecular complexity index is 615. The molecular formula is C18H20N2O2. The Kier molecular flexibility index (Phi) is 4.51. The van der Waals surface area contributed by atoms with Crippen molar-refractivity contribution in [3.05, 3.63) is 66.2 Å². The molecule has 0 aromatic heterocycles. The molecule has 4 heteroatoms. The molecule has 2 aromatic carbocycles. The Morgan fingerprint density at radius 2 is 1.73 bits per heavy atom. The summed E-state index contributed by atoms with van der Waals surface area (Å²) >= 11 is 0. The van der Waals surface area contributed by atoms with Crippen LogP contribution in [0.25, 0.3) is 0 Å². The highest BCUT2D eigenvalue weighted by molar-refractivity contribution is 5.95. The number of β-amino-alcohol motifs (C(OH)–C–C–N with tert-alkyl or cyclic N) is 1. The number of hydrogen-bond donors (Lipinski definition) is 2. The van der Waals surface area contributed by atoms with Crippen LogP contribution in [0.1, 0.15) is 18.0 Å². The van der Waals surface area contributed by atoms with E-state index in [1.165, 1.54) is 0 Å². The van der Waals surface area contributed by atoms with Gasteiger partial charge in [-0.25, -0.2) is 0 Å². The van der Waals surface area contributed by atoms with E-state index in [0.29, 0.717) is 13.0 Å². The predicted octanol–water partition coefficient (Wildman–Crippen LogP) is 2.43. The topological polar surface area (TPSA) is 52.6 Å². The van der Waals surface area contributed by atoms with E-state index in [9.17, 15) is 9.90 Å². The molecule has 1 fully saturated rings. The van der Waals surface area contributed by atoms with Gasteiger partial charge in [0.25, 0.3) is 0 Å². The molecule has 1 saturated heterocycles. The van der Waals surface area contributed by atoms with Crippen LogP contribution < -0.4 is 5.32 Å². The molecular weight excluding hydrogens is 276 g/mol. The van der Waals surface area contributed by atoms with Crippen LogP contribution in [0.5, 0.6) is 0 Å². The van der Waals surface area contributed by atoms with E-state index in [1.54, 1.807) is 0 Å². The molecule has 22 heavy (non-hydrogen) atoms. The van der Waals surface area contributed by atoms with Gasteiger partial charge in [0.1, 0.15) is 6.04 Å². The molecule has 3 rings (SSSR count). The van der Waals surface area contributed by atoms with E-state index in [-0.39, 0.29) is 18.1 Å². The molecule has 2 N–H and O–H groups in total. The quantitative estimate of drug-likeness (QED) is 0.911. The van der Waals surface area contributed by atoms with Gasteiger partial charge in [-0.3, -0.25) is 9.69 Å². The molecule has 0 radical (unpaired) electrons. The highest BCUT2D eigenvalue weighted by Gasteiger charge is 2.32. The molecule has 1 amide bonds. The lowest BCUT2D eigenvalue weighted by Crippen LogP contribution is -2.36. The molecule has 114 valence electrons. The molecule has 0 saturated carbocycles. The number of amides is 1. The average Bonchev–Trinajstić information content (AvgIpc) is 2.95. The molecule has 1 aliphatic rings. The second-order valence-electron chi connectivity index (χ2n) is 5.61. The van der Waals surface area contributed by atoms with Gasteiger partial charge in [-0.1, -0.05) is 48.5 Å². The van der Waals surface area contributed by atoms with Gasteiger partial charge in [-0.2, -0.15) is 0 Å². The largest absolute Gasteiger partial charge is 0.392 e. The number of carbonyl (C=O) groups is 1. The molecule has 2 atom stereocenters. The molecule has 2 aromatic rings. The van der Waals surface area contributed by atoms with Crippen LogP contribution >= 0.6 is 0 Å². The second-order valence-corrected chi connectivity index (χ2v) is 5.61. The van der Waals surface area contributed by atoms with Gasteiger partial charge in [0.2, 0.25) is 5.91 Å². The van der Waals surface area contributed by atoms with Crippen LogP contribution in [0.4, 0.5) is 5.69 Å². The summed E-state index contributed by atoms with van der Waals surface area (Å²) in [6.07, 6.45) is 0.359. The number of likely N-dealkylation sites (tertiary alicyclic amines) is 1. The smallest absolute Gasteiger partial charge is 0.246 e. The normalized spacial score (nSPS) is 19.8. The predicted molar refractivity (Wildman–Crippen MR) is 86.5 cm³/mol. The Morgan fingerprint density at radius 1 is 1.09 bits per heavy atom. The summed E-state index contributed by atoms with van der Waals surface area (Å²) in [4.78, 5) is 14.8. The molecule has 0 aliphatic carbocycles. The van der Waals surface area contributed by atoms with E-state index in [4.69, 9.17) is 0 Å². The van der Waals surface area contributed by atoms with Crippen molar-refractivity contribution in [3.63, 3.8) is 0 Å². The summed E-state index contributed by atoms with van der Waals surface area (Å²) < 4.78 is 0. The summed E-state index contributed by atoms with van der Waals surface area (Å²) in [5.74, 6) is -0.0634. The van der Waals surface area contributed by atoms with Gasteiger partial charge in [0, 0.05) is 18.8 Å². The Balaban J connectivity index is 1.83. The Morgan fingerprint density at radius 3 is 2.32 bits per heavy atom. The first kappa shape index (κ1) is 14.8. The van der Waals surface area contributed by atoms with Crippen molar-refractivity contribution in [3.8, 4) is 0 Å². The van der Waals surface area contributed by atoms with Crippen molar-refractivity contribution in [2.45, 2.75) is 18.6 Å². The monoisotopic (exact) mass is 296 g/mol. The van der Waals surface area contributed by atoms with Gasteiger partial charge in [-0.15, -0.1) is 0 Å². The Hall–Kier alpha value is -2.17. The van der Waals surface area contributed by atoms with Crippen LogP contribution in [-0.2, 0) is 4.79 Å². The fraction of sp³-hybridized carbons (Fsp3) is 0.278. The van der Waals surface area contributed by atoms with Gasteiger partial charge in [0.15, 0.2) is 0 Å². The summed E-state index contributed by atoms with van der Waals surface area (Å²) in [6.45, 7) is 1.25. The summed E-state index contributed by atoms with van der Waals surface area (Å²) in [5, 5.41) is 12.8. The minimum Gasteiger partial charge on any atom is -0.392 e. The third-order valence-electron chi connectivity index (χ3n) is 3.96. The maximum absolute atomic E-state index is 12.8. The average molecular weight is 296 g/mol. The van der Waals surface area contributed by atoms with Crippen molar-refractivity contribution < 1.29 is 9.90 Å². The maximum Gasteiger partial charge on any atom is 0.246 e. The Labute approximate surface area is 130 Å². The minimum absolute atomic E-state index is 0.0634. The van der Waals surface area contributed by atoms with E-state index < -0.39 is 0 Å². The third-order valence-corrected chi connectivity index (χ3v) is 3.96. The van der Waals surface area contributed by atoms with Crippen LogP contribution in [0.2, 0.25) is 0 Å². The summed E-state index contributed by atoms with van der Waals surface area (Å²) in [5.41, 5.74) is 1.73. The van der Waals surface area contributed by atoms with E-state index in [0.717, 1.165) is 17.8 Å².